The Balaban J connectivity index is 1.84. The Hall–Kier alpha value is -2.47. The van der Waals surface area contributed by atoms with Crippen molar-refractivity contribution >= 4 is 11.6 Å². The van der Waals surface area contributed by atoms with Gasteiger partial charge in [0.2, 0.25) is 5.91 Å². The van der Waals surface area contributed by atoms with Crippen molar-refractivity contribution in [2.45, 2.75) is 19.9 Å². The first-order valence-corrected chi connectivity index (χ1v) is 7.70. The van der Waals surface area contributed by atoms with Crippen LogP contribution < -0.4 is 15.4 Å². The first kappa shape index (κ1) is 17.9. The second-order valence-corrected chi connectivity index (χ2v) is 5.28. The van der Waals surface area contributed by atoms with Crippen LogP contribution in [-0.4, -0.2) is 19.1 Å². The standard InChI is InChI=1S/C18H20F2N2O2/c1-3-24-15-7-5-14(6-8-15)22-18(23)11-21-12(2)13-4-9-16(19)17(20)10-13/h4-10,12,21H,3,11H2,1-2H3,(H,22,23)/t12-/m1/s1. The maximum atomic E-state index is 13.2. The number of nitrogens with one attached hydrogen (secondary N) is 2. The van der Waals surface area contributed by atoms with Crippen molar-refractivity contribution < 1.29 is 18.3 Å². The van der Waals surface area contributed by atoms with E-state index in [4.69, 9.17) is 4.74 Å². The zero-order valence-corrected chi connectivity index (χ0v) is 13.6. The van der Waals surface area contributed by atoms with E-state index in [-0.39, 0.29) is 18.5 Å². The van der Waals surface area contributed by atoms with Gasteiger partial charge in [-0.1, -0.05) is 6.07 Å². The zero-order chi connectivity index (χ0) is 17.5. The van der Waals surface area contributed by atoms with Crippen LogP contribution in [0.5, 0.6) is 5.75 Å². The van der Waals surface area contributed by atoms with Crippen LogP contribution in [0.4, 0.5) is 14.5 Å². The van der Waals surface area contributed by atoms with Gasteiger partial charge in [0.05, 0.1) is 13.2 Å². The van der Waals surface area contributed by atoms with E-state index >= 15 is 0 Å². The fraction of sp³-hybridized carbons (Fsp3) is 0.278. The molecule has 1 atom stereocenters. The molecule has 0 aliphatic heterocycles. The Morgan fingerprint density at radius 2 is 1.83 bits per heavy atom. The smallest absolute Gasteiger partial charge is 0.238 e. The molecule has 0 saturated carbocycles. The summed E-state index contributed by atoms with van der Waals surface area (Å²) in [6, 6.07) is 10.4. The number of ether oxygens (including phenoxy) is 1. The normalized spacial score (nSPS) is 11.8. The van der Waals surface area contributed by atoms with E-state index in [0.717, 1.165) is 17.9 Å². The summed E-state index contributed by atoms with van der Waals surface area (Å²) in [5.41, 5.74) is 1.23. The largest absolute Gasteiger partial charge is 0.494 e. The summed E-state index contributed by atoms with van der Waals surface area (Å²) >= 11 is 0. The molecule has 0 aromatic heterocycles. The first-order valence-electron chi connectivity index (χ1n) is 7.70. The third-order valence-electron chi connectivity index (χ3n) is 3.46. The fourth-order valence-corrected chi connectivity index (χ4v) is 2.15. The predicted octanol–water partition coefficient (Wildman–Crippen LogP) is 3.65. The Kier molecular flexibility index (Phi) is 6.26. The molecule has 0 unspecified atom stereocenters. The highest BCUT2D eigenvalue weighted by atomic mass is 19.2. The summed E-state index contributed by atoms with van der Waals surface area (Å²) in [5.74, 6) is -1.28. The summed E-state index contributed by atoms with van der Waals surface area (Å²) < 4.78 is 31.5. The number of carbonyl (C=O) groups excluding carboxylic acids is 1. The monoisotopic (exact) mass is 334 g/mol. The SMILES string of the molecule is CCOc1ccc(NC(=O)CN[C@H](C)c2ccc(F)c(F)c2)cc1. The molecule has 0 spiro atoms. The van der Waals surface area contributed by atoms with Crippen LogP contribution in [0.2, 0.25) is 0 Å². The van der Waals surface area contributed by atoms with Gasteiger partial charge in [-0.25, -0.2) is 8.78 Å². The number of halogens is 2. The minimum absolute atomic E-state index is 0.0490. The van der Waals surface area contributed by atoms with Gasteiger partial charge >= 0.3 is 0 Å². The molecule has 1 amide bonds. The van der Waals surface area contributed by atoms with E-state index in [1.54, 1.807) is 31.2 Å². The summed E-state index contributed by atoms with van der Waals surface area (Å²) in [6.45, 7) is 4.30. The molecular formula is C18H20F2N2O2. The Morgan fingerprint density at radius 3 is 2.46 bits per heavy atom. The lowest BCUT2D eigenvalue weighted by Gasteiger charge is -2.14. The van der Waals surface area contributed by atoms with Crippen LogP contribution in [0.3, 0.4) is 0 Å². The lowest BCUT2D eigenvalue weighted by Crippen LogP contribution is -2.30. The van der Waals surface area contributed by atoms with E-state index in [9.17, 15) is 13.6 Å². The van der Waals surface area contributed by atoms with E-state index in [2.05, 4.69) is 10.6 Å². The molecule has 2 rings (SSSR count). The number of hydrogen-bond acceptors (Lipinski definition) is 3. The van der Waals surface area contributed by atoms with Crippen molar-refractivity contribution in [2.75, 3.05) is 18.5 Å². The molecule has 2 aromatic rings. The highest BCUT2D eigenvalue weighted by Gasteiger charge is 2.10. The van der Waals surface area contributed by atoms with Gasteiger partial charge in [-0.05, 0) is 55.8 Å². The lowest BCUT2D eigenvalue weighted by atomic mass is 10.1. The molecule has 0 aliphatic rings. The van der Waals surface area contributed by atoms with E-state index < -0.39 is 11.6 Å². The maximum absolute atomic E-state index is 13.2. The van der Waals surface area contributed by atoms with Crippen LogP contribution in [-0.2, 0) is 4.79 Å². The van der Waals surface area contributed by atoms with Crippen molar-refractivity contribution in [1.82, 2.24) is 5.32 Å². The maximum Gasteiger partial charge on any atom is 0.238 e. The van der Waals surface area contributed by atoms with Gasteiger partial charge in [0, 0.05) is 11.7 Å². The molecular weight excluding hydrogens is 314 g/mol. The molecule has 0 saturated heterocycles. The van der Waals surface area contributed by atoms with Crippen molar-refractivity contribution in [3.05, 3.63) is 59.7 Å². The number of hydrogen-bond donors (Lipinski definition) is 2. The minimum atomic E-state index is -0.903. The second-order valence-electron chi connectivity index (χ2n) is 5.28. The van der Waals surface area contributed by atoms with Crippen LogP contribution in [0, 0.1) is 11.6 Å². The Labute approximate surface area is 139 Å². The lowest BCUT2D eigenvalue weighted by molar-refractivity contribution is -0.115. The van der Waals surface area contributed by atoms with Crippen LogP contribution in [0.15, 0.2) is 42.5 Å². The van der Waals surface area contributed by atoms with E-state index in [1.165, 1.54) is 6.07 Å². The Morgan fingerprint density at radius 1 is 1.12 bits per heavy atom. The quantitative estimate of drug-likeness (QED) is 0.812. The molecule has 4 nitrogen and oxygen atoms in total. The molecule has 0 heterocycles. The van der Waals surface area contributed by atoms with Crippen molar-refractivity contribution in [1.29, 1.82) is 0 Å². The summed E-state index contributed by atoms with van der Waals surface area (Å²) in [7, 11) is 0. The van der Waals surface area contributed by atoms with Gasteiger partial charge in [0.1, 0.15) is 5.75 Å². The number of benzene rings is 2. The van der Waals surface area contributed by atoms with E-state index in [1.807, 2.05) is 6.92 Å². The van der Waals surface area contributed by atoms with Crippen molar-refractivity contribution in [3.63, 3.8) is 0 Å². The number of rotatable bonds is 7. The first-order chi connectivity index (χ1) is 11.5. The zero-order valence-electron chi connectivity index (χ0n) is 13.6. The molecule has 0 aliphatic carbocycles. The molecule has 6 heteroatoms. The third kappa shape index (κ3) is 5.03. The van der Waals surface area contributed by atoms with Gasteiger partial charge in [0.25, 0.3) is 0 Å². The molecule has 0 fully saturated rings. The van der Waals surface area contributed by atoms with Crippen LogP contribution in [0.1, 0.15) is 25.5 Å². The second kappa shape index (κ2) is 8.40. The van der Waals surface area contributed by atoms with Gasteiger partial charge in [-0.2, -0.15) is 0 Å². The topological polar surface area (TPSA) is 50.4 Å². The molecule has 2 aromatic carbocycles. The van der Waals surface area contributed by atoms with Crippen LogP contribution in [0.25, 0.3) is 0 Å². The molecule has 0 radical (unpaired) electrons. The molecule has 2 N–H and O–H groups in total. The van der Waals surface area contributed by atoms with Gasteiger partial charge in [-0.15, -0.1) is 0 Å². The van der Waals surface area contributed by atoms with Crippen molar-refractivity contribution in [2.24, 2.45) is 0 Å². The highest BCUT2D eigenvalue weighted by Crippen LogP contribution is 2.17. The number of anilines is 1. The third-order valence-corrected chi connectivity index (χ3v) is 3.46. The highest BCUT2D eigenvalue weighted by molar-refractivity contribution is 5.92. The summed E-state index contributed by atoms with van der Waals surface area (Å²) in [6.07, 6.45) is 0. The minimum Gasteiger partial charge on any atom is -0.494 e. The number of amides is 1. The predicted molar refractivity (Wildman–Crippen MR) is 89.0 cm³/mol. The Bertz CT molecular complexity index is 690. The number of carbonyl (C=O) groups is 1. The van der Waals surface area contributed by atoms with Gasteiger partial charge in [0.15, 0.2) is 11.6 Å². The average Bonchev–Trinajstić information content (AvgIpc) is 2.57. The summed E-state index contributed by atoms with van der Waals surface area (Å²) in [5, 5.41) is 5.72. The average molecular weight is 334 g/mol. The molecule has 0 bridgehead atoms. The fourth-order valence-electron chi connectivity index (χ4n) is 2.15. The van der Waals surface area contributed by atoms with Gasteiger partial charge in [-0.3, -0.25) is 4.79 Å². The van der Waals surface area contributed by atoms with Gasteiger partial charge < -0.3 is 15.4 Å². The molecule has 24 heavy (non-hydrogen) atoms. The van der Waals surface area contributed by atoms with E-state index in [0.29, 0.717) is 17.9 Å². The molecule has 128 valence electrons. The van der Waals surface area contributed by atoms with Crippen LogP contribution >= 0.6 is 0 Å². The summed E-state index contributed by atoms with van der Waals surface area (Å²) in [4.78, 5) is 11.9. The van der Waals surface area contributed by atoms with Crippen molar-refractivity contribution in [3.8, 4) is 5.75 Å².